The number of nitrogens with two attached hydrogens (primary N) is 2. The van der Waals surface area contributed by atoms with E-state index in [2.05, 4.69) is 13.0 Å². The molecular formula is C22H34N2O6S2. The number of hydrogen-bond acceptors (Lipinski definition) is 6. The quantitative estimate of drug-likeness (QED) is 0.607. The topological polar surface area (TPSA) is 139 Å². The van der Waals surface area contributed by atoms with E-state index in [0.29, 0.717) is 42.3 Å². The van der Waals surface area contributed by atoms with Crippen LogP contribution in [-0.2, 0) is 37.6 Å². The molecule has 1 aromatic carbocycles. The smallest absolute Gasteiger partial charge is 0.371 e. The van der Waals surface area contributed by atoms with Crippen molar-refractivity contribution in [2.24, 2.45) is 33.4 Å². The molecule has 0 amide bonds. The maximum atomic E-state index is 11.5. The number of benzene rings is 1. The summed E-state index contributed by atoms with van der Waals surface area (Å²) in [6, 6.07) is 4.02. The molecule has 5 atom stereocenters. The van der Waals surface area contributed by atoms with Crippen molar-refractivity contribution < 1.29 is 25.2 Å². The molecule has 4 N–H and O–H groups in total. The fraction of sp³-hybridized carbons (Fsp3) is 0.727. The van der Waals surface area contributed by atoms with Crippen molar-refractivity contribution in [2.45, 2.75) is 71.1 Å². The van der Waals surface area contributed by atoms with Crippen LogP contribution in [-0.4, -0.2) is 23.4 Å². The minimum Gasteiger partial charge on any atom is -0.371 e. The van der Waals surface area contributed by atoms with Gasteiger partial charge in [-0.05, 0) is 103 Å². The molecule has 1 aromatic rings. The van der Waals surface area contributed by atoms with Gasteiger partial charge in [-0.15, -0.1) is 0 Å². The molecule has 0 radical (unpaired) electrons. The van der Waals surface area contributed by atoms with Crippen LogP contribution in [0, 0.1) is 23.2 Å². The highest BCUT2D eigenvalue weighted by Gasteiger charge is 2.54. The van der Waals surface area contributed by atoms with Crippen LogP contribution in [0.25, 0.3) is 0 Å². The third kappa shape index (κ3) is 4.70. The van der Waals surface area contributed by atoms with Crippen molar-refractivity contribution in [3.05, 3.63) is 28.8 Å². The van der Waals surface area contributed by atoms with Crippen molar-refractivity contribution in [1.82, 2.24) is 0 Å². The van der Waals surface area contributed by atoms with Crippen molar-refractivity contribution in [2.75, 3.05) is 6.61 Å². The normalized spacial score (nSPS) is 32.1. The van der Waals surface area contributed by atoms with Gasteiger partial charge in [0.15, 0.2) is 0 Å². The van der Waals surface area contributed by atoms with Crippen LogP contribution in [0.2, 0.25) is 0 Å². The Morgan fingerprint density at radius 1 is 1.06 bits per heavy atom. The standard InChI is InChI=1S/C22H34N2O6S2/c1-3-14-12-19-15(13-21(14)30-32(24,27)28)4-6-18-17(19)8-10-22(2)16(5-7-20(18)22)9-11-29-31(23,25)26/h12-13,16-18,20H,3-11H2,1-2H3,(H2,23,25,26)(H2,24,27,28)/t16-,17+,18-,20+,22-/m1/s1. The van der Waals surface area contributed by atoms with E-state index in [4.69, 9.17) is 18.6 Å². The zero-order valence-corrected chi connectivity index (χ0v) is 20.4. The van der Waals surface area contributed by atoms with E-state index in [9.17, 15) is 16.8 Å². The van der Waals surface area contributed by atoms with E-state index in [1.54, 1.807) is 0 Å². The first-order valence-electron chi connectivity index (χ1n) is 11.5. The molecule has 180 valence electrons. The van der Waals surface area contributed by atoms with E-state index in [-0.39, 0.29) is 12.0 Å². The van der Waals surface area contributed by atoms with Gasteiger partial charge in [0, 0.05) is 0 Å². The Labute approximate surface area is 191 Å². The largest absolute Gasteiger partial charge is 0.380 e. The fourth-order valence-electron chi connectivity index (χ4n) is 7.01. The summed E-state index contributed by atoms with van der Waals surface area (Å²) >= 11 is 0. The average Bonchev–Trinajstić information content (AvgIpc) is 3.01. The maximum Gasteiger partial charge on any atom is 0.380 e. The molecule has 4 rings (SSSR count). The number of fused-ring (bicyclic) bond motifs is 5. The molecule has 2 fully saturated rings. The Morgan fingerprint density at radius 3 is 2.47 bits per heavy atom. The molecule has 0 unspecified atom stereocenters. The summed E-state index contributed by atoms with van der Waals surface area (Å²) in [6.07, 6.45) is 7.76. The summed E-state index contributed by atoms with van der Waals surface area (Å²) in [4.78, 5) is 0. The lowest BCUT2D eigenvalue weighted by Crippen LogP contribution is -2.42. The number of rotatable bonds is 7. The first-order valence-corrected chi connectivity index (χ1v) is 14.4. The highest BCUT2D eigenvalue weighted by atomic mass is 32.2. The summed E-state index contributed by atoms with van der Waals surface area (Å²) in [5.41, 5.74) is 3.56. The first-order chi connectivity index (χ1) is 14.9. The predicted octanol–water partition coefficient (Wildman–Crippen LogP) is 2.91. The molecule has 10 heteroatoms. The Balaban J connectivity index is 1.55. The second kappa shape index (κ2) is 8.54. The van der Waals surface area contributed by atoms with Gasteiger partial charge < -0.3 is 4.18 Å². The summed E-state index contributed by atoms with van der Waals surface area (Å²) < 4.78 is 55.1. The monoisotopic (exact) mass is 486 g/mol. The van der Waals surface area contributed by atoms with E-state index in [1.807, 2.05) is 13.0 Å². The first kappa shape index (κ1) is 23.9. The number of aryl methyl sites for hydroxylation is 2. The zero-order chi connectivity index (χ0) is 23.3. The van der Waals surface area contributed by atoms with E-state index in [1.165, 1.54) is 11.1 Å². The number of hydrogen-bond donors (Lipinski definition) is 2. The van der Waals surface area contributed by atoms with Crippen LogP contribution < -0.4 is 14.5 Å². The molecule has 0 aliphatic heterocycles. The van der Waals surface area contributed by atoms with Gasteiger partial charge in [0.1, 0.15) is 5.75 Å². The molecular weight excluding hydrogens is 452 g/mol. The molecule has 0 bridgehead atoms. The SMILES string of the molecule is CCc1cc2c(cc1OS(N)(=O)=O)CC[C@@H]1[C@@H]2CC[C@]2(C)[C@@H](CCOS(N)(=O)=O)CC[C@@H]12. The summed E-state index contributed by atoms with van der Waals surface area (Å²) in [5, 5.41) is 10.1. The molecule has 3 aliphatic carbocycles. The Hall–Kier alpha value is -1.20. The van der Waals surface area contributed by atoms with Gasteiger partial charge in [-0.25, -0.2) is 5.14 Å². The molecule has 0 saturated heterocycles. The van der Waals surface area contributed by atoms with Gasteiger partial charge in [-0.2, -0.15) is 22.0 Å². The van der Waals surface area contributed by atoms with E-state index in [0.717, 1.165) is 44.1 Å². The Morgan fingerprint density at radius 2 is 1.81 bits per heavy atom. The van der Waals surface area contributed by atoms with Gasteiger partial charge in [0.25, 0.3) is 0 Å². The summed E-state index contributed by atoms with van der Waals surface area (Å²) in [5.74, 6) is 2.43. The highest BCUT2D eigenvalue weighted by molar-refractivity contribution is 7.84. The fourth-order valence-corrected chi connectivity index (χ4v) is 7.75. The van der Waals surface area contributed by atoms with Crippen LogP contribution in [0.1, 0.15) is 75.0 Å². The molecule has 3 aliphatic rings. The predicted molar refractivity (Wildman–Crippen MR) is 121 cm³/mol. The van der Waals surface area contributed by atoms with Crippen LogP contribution >= 0.6 is 0 Å². The Kier molecular flexibility index (Phi) is 6.39. The molecule has 32 heavy (non-hydrogen) atoms. The van der Waals surface area contributed by atoms with Crippen LogP contribution in [0.4, 0.5) is 0 Å². The van der Waals surface area contributed by atoms with Gasteiger partial charge in [0.2, 0.25) is 0 Å². The van der Waals surface area contributed by atoms with Gasteiger partial charge in [-0.1, -0.05) is 19.9 Å². The highest BCUT2D eigenvalue weighted by Crippen LogP contribution is 2.63. The molecule has 0 aromatic heterocycles. The third-order valence-electron chi connectivity index (χ3n) is 8.40. The minimum absolute atomic E-state index is 0.148. The van der Waals surface area contributed by atoms with Crippen LogP contribution in [0.15, 0.2) is 12.1 Å². The maximum absolute atomic E-state index is 11.5. The zero-order valence-electron chi connectivity index (χ0n) is 18.7. The van der Waals surface area contributed by atoms with Crippen molar-refractivity contribution in [1.29, 1.82) is 0 Å². The Bertz CT molecular complexity index is 1090. The molecule has 8 nitrogen and oxygen atoms in total. The van der Waals surface area contributed by atoms with Gasteiger partial charge in [-0.3, -0.25) is 4.18 Å². The van der Waals surface area contributed by atoms with Crippen molar-refractivity contribution in [3.63, 3.8) is 0 Å². The lowest BCUT2D eigenvalue weighted by Gasteiger charge is -2.51. The van der Waals surface area contributed by atoms with E-state index < -0.39 is 20.6 Å². The minimum atomic E-state index is -4.06. The van der Waals surface area contributed by atoms with Crippen LogP contribution in [0.3, 0.4) is 0 Å². The average molecular weight is 487 g/mol. The molecule has 2 saturated carbocycles. The summed E-state index contributed by atoms with van der Waals surface area (Å²) in [6.45, 7) is 4.51. The second-order valence-electron chi connectivity index (χ2n) is 9.93. The van der Waals surface area contributed by atoms with Gasteiger partial charge >= 0.3 is 20.6 Å². The lowest BCUT2D eigenvalue weighted by atomic mass is 9.54. The van der Waals surface area contributed by atoms with Gasteiger partial charge in [0.05, 0.1) is 6.61 Å². The summed E-state index contributed by atoms with van der Waals surface area (Å²) in [7, 11) is -7.95. The van der Waals surface area contributed by atoms with E-state index >= 15 is 0 Å². The molecule has 0 heterocycles. The lowest BCUT2D eigenvalue weighted by molar-refractivity contribution is 0.0222. The molecule has 0 spiro atoms. The van der Waals surface area contributed by atoms with Crippen LogP contribution in [0.5, 0.6) is 5.75 Å². The van der Waals surface area contributed by atoms with Crippen molar-refractivity contribution >= 4 is 20.6 Å². The second-order valence-corrected chi connectivity index (χ2v) is 12.3. The third-order valence-corrected chi connectivity index (χ3v) is 9.31. The van der Waals surface area contributed by atoms with Crippen molar-refractivity contribution in [3.8, 4) is 5.75 Å².